The molecule has 6 heteroatoms. The molecule has 0 saturated carbocycles. The highest BCUT2D eigenvalue weighted by molar-refractivity contribution is 9.10. The summed E-state index contributed by atoms with van der Waals surface area (Å²) in [6.07, 6.45) is 1.85. The predicted octanol–water partition coefficient (Wildman–Crippen LogP) is 2.38. The van der Waals surface area contributed by atoms with Crippen LogP contribution in [0.15, 0.2) is 27.6 Å². The number of nitrogens with zero attached hydrogens (tertiary/aromatic N) is 1. The molecule has 4 nitrogen and oxygen atoms in total. The number of piperidine rings is 1. The Bertz CT molecular complexity index is 567. The molecular formula is C14H21BrN2O2S. The van der Waals surface area contributed by atoms with E-state index in [1.807, 2.05) is 20.0 Å². The topological polar surface area (TPSA) is 49.4 Å². The fraction of sp³-hybridized carbons (Fsp3) is 0.571. The summed E-state index contributed by atoms with van der Waals surface area (Å²) in [6, 6.07) is 5.32. The highest BCUT2D eigenvalue weighted by atomic mass is 79.9. The third kappa shape index (κ3) is 3.42. The SMILES string of the molecule is CNCC1CCN(S(=O)(=O)c2ccc(Br)cc2C)CC1. The molecule has 0 spiro atoms. The Balaban J connectivity index is 2.15. The number of aryl methyl sites for hydroxylation is 1. The molecule has 0 radical (unpaired) electrons. The Morgan fingerprint density at radius 2 is 2.00 bits per heavy atom. The summed E-state index contributed by atoms with van der Waals surface area (Å²) < 4.78 is 27.9. The number of nitrogens with one attached hydrogen (secondary N) is 1. The van der Waals surface area contributed by atoms with Gasteiger partial charge in [-0.2, -0.15) is 4.31 Å². The van der Waals surface area contributed by atoms with Crippen molar-refractivity contribution in [1.82, 2.24) is 9.62 Å². The van der Waals surface area contributed by atoms with E-state index < -0.39 is 10.0 Å². The van der Waals surface area contributed by atoms with Gasteiger partial charge in [0.15, 0.2) is 0 Å². The van der Waals surface area contributed by atoms with Crippen LogP contribution in [0.3, 0.4) is 0 Å². The molecule has 0 unspecified atom stereocenters. The Morgan fingerprint density at radius 3 is 2.55 bits per heavy atom. The summed E-state index contributed by atoms with van der Waals surface area (Å²) in [6.45, 7) is 4.03. The van der Waals surface area contributed by atoms with Gasteiger partial charge in [0.05, 0.1) is 4.90 Å². The third-order valence-electron chi connectivity index (χ3n) is 3.82. The van der Waals surface area contributed by atoms with Crippen LogP contribution in [-0.4, -0.2) is 39.4 Å². The Labute approximate surface area is 129 Å². The van der Waals surface area contributed by atoms with Crippen LogP contribution >= 0.6 is 15.9 Å². The monoisotopic (exact) mass is 360 g/mol. The van der Waals surface area contributed by atoms with Gasteiger partial charge in [0.1, 0.15) is 0 Å². The van der Waals surface area contributed by atoms with E-state index in [0.717, 1.165) is 29.4 Å². The Kier molecular flexibility index (Phi) is 5.23. The smallest absolute Gasteiger partial charge is 0.243 e. The quantitative estimate of drug-likeness (QED) is 0.896. The highest BCUT2D eigenvalue weighted by Crippen LogP contribution is 2.26. The van der Waals surface area contributed by atoms with Crippen molar-refractivity contribution in [3.05, 3.63) is 28.2 Å². The van der Waals surface area contributed by atoms with Gasteiger partial charge in [-0.3, -0.25) is 0 Å². The van der Waals surface area contributed by atoms with E-state index in [-0.39, 0.29) is 0 Å². The molecule has 112 valence electrons. The molecule has 0 atom stereocenters. The highest BCUT2D eigenvalue weighted by Gasteiger charge is 2.30. The second-order valence-corrected chi connectivity index (χ2v) is 8.14. The van der Waals surface area contributed by atoms with E-state index in [1.54, 1.807) is 16.4 Å². The summed E-state index contributed by atoms with van der Waals surface area (Å²) in [7, 11) is -1.42. The van der Waals surface area contributed by atoms with Gasteiger partial charge in [-0.15, -0.1) is 0 Å². The van der Waals surface area contributed by atoms with Crippen molar-refractivity contribution in [1.29, 1.82) is 0 Å². The number of hydrogen-bond acceptors (Lipinski definition) is 3. The van der Waals surface area contributed by atoms with Gasteiger partial charge in [0.2, 0.25) is 10.0 Å². The molecule has 1 fully saturated rings. The number of benzene rings is 1. The van der Waals surface area contributed by atoms with Crippen molar-refractivity contribution < 1.29 is 8.42 Å². The first-order valence-corrected chi connectivity index (χ1v) is 9.09. The minimum absolute atomic E-state index is 0.424. The minimum atomic E-state index is -3.36. The molecule has 1 aliphatic rings. The van der Waals surface area contributed by atoms with Crippen molar-refractivity contribution in [3.63, 3.8) is 0 Å². The van der Waals surface area contributed by atoms with E-state index in [4.69, 9.17) is 0 Å². The number of sulfonamides is 1. The summed E-state index contributed by atoms with van der Waals surface area (Å²) in [4.78, 5) is 0.424. The zero-order valence-corrected chi connectivity index (χ0v) is 14.3. The van der Waals surface area contributed by atoms with Crippen molar-refractivity contribution in [2.24, 2.45) is 5.92 Å². The molecule has 0 aliphatic carbocycles. The molecule has 1 aromatic rings. The Hall–Kier alpha value is -0.430. The van der Waals surface area contributed by atoms with E-state index in [2.05, 4.69) is 21.2 Å². The van der Waals surface area contributed by atoms with Crippen LogP contribution in [0.5, 0.6) is 0 Å². The maximum absolute atomic E-state index is 12.7. The predicted molar refractivity (Wildman–Crippen MR) is 84.3 cm³/mol. The minimum Gasteiger partial charge on any atom is -0.319 e. The first kappa shape index (κ1) is 15.9. The second-order valence-electron chi connectivity index (χ2n) is 5.31. The molecule has 20 heavy (non-hydrogen) atoms. The van der Waals surface area contributed by atoms with Crippen LogP contribution in [-0.2, 0) is 10.0 Å². The molecule has 0 bridgehead atoms. The Morgan fingerprint density at radius 1 is 1.35 bits per heavy atom. The molecular weight excluding hydrogens is 340 g/mol. The number of halogens is 1. The van der Waals surface area contributed by atoms with Crippen LogP contribution in [0.1, 0.15) is 18.4 Å². The molecule has 1 aromatic carbocycles. The van der Waals surface area contributed by atoms with Crippen LogP contribution in [0, 0.1) is 12.8 Å². The van der Waals surface area contributed by atoms with E-state index in [0.29, 0.717) is 23.9 Å². The normalized spacial score (nSPS) is 18.4. The maximum Gasteiger partial charge on any atom is 0.243 e. The third-order valence-corrected chi connectivity index (χ3v) is 6.37. The molecule has 2 rings (SSSR count). The molecule has 0 amide bonds. The maximum atomic E-state index is 12.7. The lowest BCUT2D eigenvalue weighted by atomic mass is 9.98. The largest absolute Gasteiger partial charge is 0.319 e. The van der Waals surface area contributed by atoms with Crippen molar-refractivity contribution >= 4 is 26.0 Å². The van der Waals surface area contributed by atoms with Crippen molar-refractivity contribution in [2.75, 3.05) is 26.7 Å². The van der Waals surface area contributed by atoms with Gasteiger partial charge in [-0.1, -0.05) is 15.9 Å². The number of hydrogen-bond donors (Lipinski definition) is 1. The summed E-state index contributed by atoms with van der Waals surface area (Å²) >= 11 is 3.37. The summed E-state index contributed by atoms with van der Waals surface area (Å²) in [5.74, 6) is 0.581. The van der Waals surface area contributed by atoms with Crippen LogP contribution in [0.4, 0.5) is 0 Å². The lowest BCUT2D eigenvalue weighted by Crippen LogP contribution is -2.40. The van der Waals surface area contributed by atoms with Crippen LogP contribution in [0.2, 0.25) is 0 Å². The first-order chi connectivity index (χ1) is 9.45. The fourth-order valence-electron chi connectivity index (χ4n) is 2.68. The average molecular weight is 361 g/mol. The van der Waals surface area contributed by atoms with Gasteiger partial charge < -0.3 is 5.32 Å². The van der Waals surface area contributed by atoms with Crippen molar-refractivity contribution in [3.8, 4) is 0 Å². The standard InChI is InChI=1S/C14H21BrN2O2S/c1-11-9-13(15)3-4-14(11)20(18,19)17-7-5-12(6-8-17)10-16-2/h3-4,9,12,16H,5-8,10H2,1-2H3. The van der Waals surface area contributed by atoms with Crippen molar-refractivity contribution in [2.45, 2.75) is 24.7 Å². The molecule has 1 heterocycles. The van der Waals surface area contributed by atoms with Gasteiger partial charge in [-0.05, 0) is 63.0 Å². The van der Waals surface area contributed by atoms with Crippen LogP contribution in [0.25, 0.3) is 0 Å². The summed E-state index contributed by atoms with van der Waals surface area (Å²) in [5.41, 5.74) is 0.789. The zero-order chi connectivity index (χ0) is 14.8. The summed E-state index contributed by atoms with van der Waals surface area (Å²) in [5, 5.41) is 3.16. The first-order valence-electron chi connectivity index (χ1n) is 6.86. The van der Waals surface area contributed by atoms with Gasteiger partial charge in [-0.25, -0.2) is 8.42 Å². The molecule has 1 N–H and O–H groups in total. The molecule has 1 aliphatic heterocycles. The van der Waals surface area contributed by atoms with E-state index >= 15 is 0 Å². The van der Waals surface area contributed by atoms with Gasteiger partial charge in [0, 0.05) is 17.6 Å². The lowest BCUT2D eigenvalue weighted by Gasteiger charge is -2.31. The molecule has 1 saturated heterocycles. The lowest BCUT2D eigenvalue weighted by molar-refractivity contribution is 0.270. The number of rotatable bonds is 4. The second kappa shape index (κ2) is 6.56. The van der Waals surface area contributed by atoms with E-state index in [9.17, 15) is 8.42 Å². The zero-order valence-electron chi connectivity index (χ0n) is 11.9. The molecule has 0 aromatic heterocycles. The van der Waals surface area contributed by atoms with Crippen LogP contribution < -0.4 is 5.32 Å². The van der Waals surface area contributed by atoms with E-state index in [1.165, 1.54) is 0 Å². The van der Waals surface area contributed by atoms with Gasteiger partial charge >= 0.3 is 0 Å². The van der Waals surface area contributed by atoms with Gasteiger partial charge in [0.25, 0.3) is 0 Å². The average Bonchev–Trinajstić information content (AvgIpc) is 2.39. The fourth-order valence-corrected chi connectivity index (χ4v) is 4.83.